The Morgan fingerprint density at radius 3 is 2.17 bits per heavy atom. The lowest BCUT2D eigenvalue weighted by molar-refractivity contribution is -0.139. The molecule has 0 saturated carbocycles. The van der Waals surface area contributed by atoms with Gasteiger partial charge in [-0.1, -0.05) is 0 Å². The summed E-state index contributed by atoms with van der Waals surface area (Å²) in [7, 11) is 0. The third-order valence-electron chi connectivity index (χ3n) is 0.845. The van der Waals surface area contributed by atoms with Crippen molar-refractivity contribution in [1.29, 1.82) is 0 Å². The molecule has 68 valence electrons. The highest BCUT2D eigenvalue weighted by Crippen LogP contribution is 1.71. The van der Waals surface area contributed by atoms with E-state index in [4.69, 9.17) is 15.9 Å². The van der Waals surface area contributed by atoms with Gasteiger partial charge in [0.25, 0.3) is 0 Å². The average Bonchev–Trinajstić information content (AvgIpc) is 2.59. The highest BCUT2D eigenvalue weighted by atomic mass is 16.4. The van der Waals surface area contributed by atoms with E-state index in [1.807, 2.05) is 0 Å². The molecule has 1 heterocycles. The van der Waals surface area contributed by atoms with Gasteiger partial charge >= 0.3 is 5.97 Å². The first kappa shape index (κ1) is 10.5. The number of nitrogens with zero attached hydrogens (tertiary/aromatic N) is 2. The molecule has 7 nitrogen and oxygen atoms in total. The summed E-state index contributed by atoms with van der Waals surface area (Å²) in [6.45, 7) is -0.505. The van der Waals surface area contributed by atoms with Crippen molar-refractivity contribution in [1.82, 2.24) is 15.4 Å². The summed E-state index contributed by atoms with van der Waals surface area (Å²) < 4.78 is 0. The van der Waals surface area contributed by atoms with E-state index in [0.29, 0.717) is 0 Å². The number of aromatic nitrogens is 3. The van der Waals surface area contributed by atoms with Crippen LogP contribution in [-0.2, 0) is 4.79 Å². The van der Waals surface area contributed by atoms with E-state index in [1.54, 1.807) is 12.4 Å². The van der Waals surface area contributed by atoms with Crippen LogP contribution in [-0.4, -0.2) is 44.2 Å². The number of carboxylic acid groups (broad SMARTS) is 1. The van der Waals surface area contributed by atoms with Crippen molar-refractivity contribution in [2.45, 2.75) is 6.04 Å². The number of aliphatic carboxylic acids is 1. The van der Waals surface area contributed by atoms with Crippen LogP contribution >= 0.6 is 0 Å². The van der Waals surface area contributed by atoms with E-state index in [2.05, 4.69) is 15.4 Å². The second-order valence-corrected chi connectivity index (χ2v) is 1.78. The number of nitrogens with one attached hydrogen (secondary N) is 1. The number of nitrogens with two attached hydrogens (primary N) is 1. The first-order chi connectivity index (χ1) is 5.68. The maximum absolute atomic E-state index is 9.65. The summed E-state index contributed by atoms with van der Waals surface area (Å²) in [6, 6.07) is -1.13. The number of aliphatic hydroxyl groups excluding tert-OH is 1. The van der Waals surface area contributed by atoms with E-state index in [9.17, 15) is 4.79 Å². The van der Waals surface area contributed by atoms with Crippen LogP contribution in [0.3, 0.4) is 0 Å². The summed E-state index contributed by atoms with van der Waals surface area (Å²) in [4.78, 5) is 9.65. The van der Waals surface area contributed by atoms with Crippen LogP contribution < -0.4 is 5.73 Å². The smallest absolute Gasteiger partial charge is 0.322 e. The number of hydrogen-bond donors (Lipinski definition) is 4. The lowest BCUT2D eigenvalue weighted by Gasteiger charge is -1.96. The van der Waals surface area contributed by atoms with Crippen molar-refractivity contribution in [3.8, 4) is 0 Å². The minimum absolute atomic E-state index is 0.505. The monoisotopic (exact) mass is 174 g/mol. The molecule has 0 aliphatic heterocycles. The maximum Gasteiger partial charge on any atom is 0.322 e. The Labute approximate surface area is 68.2 Å². The average molecular weight is 174 g/mol. The van der Waals surface area contributed by atoms with E-state index >= 15 is 0 Å². The van der Waals surface area contributed by atoms with Gasteiger partial charge in [-0.3, -0.25) is 4.79 Å². The lowest BCUT2D eigenvalue weighted by atomic mass is 10.3. The number of rotatable bonds is 2. The Hall–Kier alpha value is -1.47. The van der Waals surface area contributed by atoms with Crippen molar-refractivity contribution >= 4 is 5.97 Å². The van der Waals surface area contributed by atoms with Crippen LogP contribution in [0, 0.1) is 0 Å². The predicted octanol–water partition coefficient (Wildman–Crippen LogP) is -1.80. The van der Waals surface area contributed by atoms with E-state index in [1.165, 1.54) is 0 Å². The maximum atomic E-state index is 9.65. The molecule has 1 aromatic rings. The molecule has 0 bridgehead atoms. The molecule has 1 aromatic heterocycles. The summed E-state index contributed by atoms with van der Waals surface area (Å²) in [6.07, 6.45) is 3.17. The number of carboxylic acids is 1. The summed E-state index contributed by atoms with van der Waals surface area (Å²) in [5.41, 5.74) is 4.77. The quantitative estimate of drug-likeness (QED) is 0.419. The predicted molar refractivity (Wildman–Crippen MR) is 39.1 cm³/mol. The van der Waals surface area contributed by atoms with E-state index < -0.39 is 18.6 Å². The SMILES string of the molecule is N[C@@H](CO)C(=O)O.c1cn[nH]n1. The van der Waals surface area contributed by atoms with Gasteiger partial charge in [-0.25, -0.2) is 0 Å². The zero-order chi connectivity index (χ0) is 9.40. The summed E-state index contributed by atoms with van der Waals surface area (Å²) >= 11 is 0. The Balaban J connectivity index is 0.000000211. The van der Waals surface area contributed by atoms with Crippen molar-refractivity contribution in [3.63, 3.8) is 0 Å². The molecule has 12 heavy (non-hydrogen) atoms. The Morgan fingerprint density at radius 1 is 1.58 bits per heavy atom. The van der Waals surface area contributed by atoms with Crippen LogP contribution in [0.1, 0.15) is 0 Å². The van der Waals surface area contributed by atoms with Crippen LogP contribution in [0.25, 0.3) is 0 Å². The highest BCUT2D eigenvalue weighted by molar-refractivity contribution is 5.73. The normalized spacial score (nSPS) is 11.2. The molecule has 0 aromatic carbocycles. The molecule has 0 unspecified atom stereocenters. The fourth-order valence-electron chi connectivity index (χ4n) is 0.245. The molecule has 0 fully saturated rings. The van der Waals surface area contributed by atoms with Gasteiger partial charge in [0.2, 0.25) is 0 Å². The van der Waals surface area contributed by atoms with Gasteiger partial charge in [0, 0.05) is 0 Å². The number of aromatic amines is 1. The van der Waals surface area contributed by atoms with Gasteiger partial charge in [-0.15, -0.1) is 0 Å². The second-order valence-electron chi connectivity index (χ2n) is 1.78. The van der Waals surface area contributed by atoms with Crippen LogP contribution in [0.4, 0.5) is 0 Å². The highest BCUT2D eigenvalue weighted by Gasteiger charge is 2.06. The van der Waals surface area contributed by atoms with Crippen molar-refractivity contribution in [3.05, 3.63) is 12.4 Å². The molecule has 7 heteroatoms. The molecule has 0 aliphatic rings. The van der Waals surface area contributed by atoms with Crippen LogP contribution in [0.2, 0.25) is 0 Å². The fourth-order valence-corrected chi connectivity index (χ4v) is 0.245. The first-order valence-corrected chi connectivity index (χ1v) is 3.07. The lowest BCUT2D eigenvalue weighted by Crippen LogP contribution is -2.33. The first-order valence-electron chi connectivity index (χ1n) is 3.07. The molecule has 1 atom stereocenters. The molecular formula is C5H10N4O3. The molecule has 0 saturated heterocycles. The molecular weight excluding hydrogens is 164 g/mol. The number of carbonyl (C=O) groups is 1. The van der Waals surface area contributed by atoms with Gasteiger partial charge in [0.05, 0.1) is 19.0 Å². The zero-order valence-electron chi connectivity index (χ0n) is 6.21. The third kappa shape index (κ3) is 5.33. The van der Waals surface area contributed by atoms with E-state index in [0.717, 1.165) is 0 Å². The van der Waals surface area contributed by atoms with Gasteiger partial charge in [-0.05, 0) is 0 Å². The van der Waals surface area contributed by atoms with Crippen molar-refractivity contribution in [2.75, 3.05) is 6.61 Å². The standard InChI is InChI=1S/C3H7NO3.C2H3N3/c4-2(1-5)3(6)7;1-2-4-5-3-1/h2,5H,1,4H2,(H,6,7);1-2H,(H,3,4,5)/t2-;/m0./s1. The second kappa shape index (κ2) is 6.25. The van der Waals surface area contributed by atoms with Crippen molar-refractivity contribution in [2.24, 2.45) is 5.73 Å². The minimum Gasteiger partial charge on any atom is -0.480 e. The Morgan fingerprint density at radius 2 is 2.08 bits per heavy atom. The van der Waals surface area contributed by atoms with Crippen LogP contribution in [0.5, 0.6) is 0 Å². The number of hydrogen-bond acceptors (Lipinski definition) is 5. The largest absolute Gasteiger partial charge is 0.480 e. The Bertz CT molecular complexity index is 183. The summed E-state index contributed by atoms with van der Waals surface area (Å²) in [5.74, 6) is -1.18. The topological polar surface area (TPSA) is 125 Å². The van der Waals surface area contributed by atoms with Gasteiger partial charge < -0.3 is 15.9 Å². The van der Waals surface area contributed by atoms with Gasteiger partial charge in [-0.2, -0.15) is 15.4 Å². The molecule has 5 N–H and O–H groups in total. The molecule has 0 spiro atoms. The van der Waals surface area contributed by atoms with Crippen molar-refractivity contribution < 1.29 is 15.0 Å². The molecule has 0 radical (unpaired) electrons. The Kier molecular flexibility index (Phi) is 5.49. The molecule has 0 amide bonds. The van der Waals surface area contributed by atoms with E-state index in [-0.39, 0.29) is 0 Å². The molecule has 0 aliphatic carbocycles. The molecule has 1 rings (SSSR count). The summed E-state index contributed by atoms with van der Waals surface area (Å²) in [5, 5.41) is 25.2. The third-order valence-corrected chi connectivity index (χ3v) is 0.845. The number of H-pyrrole nitrogens is 1. The van der Waals surface area contributed by atoms with Gasteiger partial charge in [0.1, 0.15) is 6.04 Å². The minimum atomic E-state index is -1.18. The van der Waals surface area contributed by atoms with Gasteiger partial charge in [0.15, 0.2) is 0 Å². The number of aliphatic hydroxyl groups is 1. The fraction of sp³-hybridized carbons (Fsp3) is 0.400. The van der Waals surface area contributed by atoms with Crippen LogP contribution in [0.15, 0.2) is 12.4 Å². The zero-order valence-corrected chi connectivity index (χ0v) is 6.21.